The van der Waals surface area contributed by atoms with E-state index in [0.29, 0.717) is 11.5 Å². The van der Waals surface area contributed by atoms with Crippen molar-refractivity contribution >= 4 is 40.0 Å². The number of carbonyl (C=O) groups is 2. The van der Waals surface area contributed by atoms with Crippen LogP contribution in [0.1, 0.15) is 5.56 Å². The van der Waals surface area contributed by atoms with Crippen molar-refractivity contribution in [2.75, 3.05) is 20.3 Å². The zero-order chi connectivity index (χ0) is 17.4. The molecule has 0 unspecified atom stereocenters. The highest BCUT2D eigenvalue weighted by Crippen LogP contribution is 2.32. The lowest BCUT2D eigenvalue weighted by Gasteiger charge is -2.10. The number of nitrogens with zero attached hydrogens (tertiary/aromatic N) is 3. The van der Waals surface area contributed by atoms with Crippen LogP contribution < -0.4 is 5.69 Å². The van der Waals surface area contributed by atoms with E-state index >= 15 is 0 Å². The molecule has 3 rings (SSSR count). The van der Waals surface area contributed by atoms with Crippen molar-refractivity contribution in [1.82, 2.24) is 14.0 Å². The predicted octanol–water partition coefficient (Wildman–Crippen LogP) is 1.56. The zero-order valence-electron chi connectivity index (χ0n) is 13.6. The summed E-state index contributed by atoms with van der Waals surface area (Å²) in [6, 6.07) is 5.49. The van der Waals surface area contributed by atoms with E-state index in [2.05, 4.69) is 0 Å². The van der Waals surface area contributed by atoms with Crippen LogP contribution in [0.5, 0.6) is 0 Å². The maximum atomic E-state index is 12.3. The SMILES string of the molecule is COCCN1C(=O)S/C(=C/c2ccc3c(c2)n(C)c(=O)n3C)C1=O. The van der Waals surface area contributed by atoms with Gasteiger partial charge in [-0.3, -0.25) is 23.6 Å². The molecule has 1 fully saturated rings. The van der Waals surface area contributed by atoms with E-state index in [9.17, 15) is 14.4 Å². The highest BCUT2D eigenvalue weighted by molar-refractivity contribution is 8.18. The number of aromatic nitrogens is 2. The van der Waals surface area contributed by atoms with Gasteiger partial charge in [0, 0.05) is 21.2 Å². The number of aryl methyl sites for hydroxylation is 2. The van der Waals surface area contributed by atoms with Crippen molar-refractivity contribution in [2.45, 2.75) is 0 Å². The van der Waals surface area contributed by atoms with E-state index in [1.54, 1.807) is 29.3 Å². The lowest BCUT2D eigenvalue weighted by Crippen LogP contribution is -2.31. The summed E-state index contributed by atoms with van der Waals surface area (Å²) >= 11 is 0.914. The standard InChI is InChI=1S/C16H17N3O4S/c1-17-11-5-4-10(8-12(11)18(2)15(17)21)9-13-14(20)19(6-7-23-3)16(22)24-13/h4-5,8-9H,6-7H2,1-3H3/b13-9+. The second kappa shape index (κ2) is 6.29. The number of amides is 2. The number of rotatable bonds is 4. The second-order valence-corrected chi connectivity index (χ2v) is 6.47. The fourth-order valence-corrected chi connectivity index (χ4v) is 3.51. The first-order valence-electron chi connectivity index (χ1n) is 7.34. The van der Waals surface area contributed by atoms with E-state index < -0.39 is 0 Å². The number of benzene rings is 1. The molecular weight excluding hydrogens is 330 g/mol. The average molecular weight is 347 g/mol. The molecule has 7 nitrogen and oxygen atoms in total. The van der Waals surface area contributed by atoms with Crippen LogP contribution in [0.3, 0.4) is 0 Å². The molecule has 0 saturated carbocycles. The Morgan fingerprint density at radius 1 is 1.12 bits per heavy atom. The lowest BCUT2D eigenvalue weighted by molar-refractivity contribution is -0.123. The van der Waals surface area contributed by atoms with Gasteiger partial charge in [-0.1, -0.05) is 6.07 Å². The Hall–Kier alpha value is -2.32. The van der Waals surface area contributed by atoms with Crippen LogP contribution in [0, 0.1) is 0 Å². The van der Waals surface area contributed by atoms with Crippen LogP contribution >= 0.6 is 11.8 Å². The third kappa shape index (κ3) is 2.67. The maximum Gasteiger partial charge on any atom is 0.328 e. The summed E-state index contributed by atoms with van der Waals surface area (Å²) in [4.78, 5) is 37.8. The van der Waals surface area contributed by atoms with Gasteiger partial charge in [0.25, 0.3) is 11.1 Å². The molecule has 1 aliphatic heterocycles. The topological polar surface area (TPSA) is 73.5 Å². The Kier molecular flexibility index (Phi) is 4.33. The molecule has 0 atom stereocenters. The molecule has 1 aromatic carbocycles. The molecular formula is C16H17N3O4S. The number of hydrogen-bond donors (Lipinski definition) is 0. The van der Waals surface area contributed by atoms with Crippen molar-refractivity contribution in [3.63, 3.8) is 0 Å². The minimum Gasteiger partial charge on any atom is -0.383 e. The molecule has 2 aromatic rings. The Balaban J connectivity index is 1.96. The molecule has 0 N–H and O–H groups in total. The van der Waals surface area contributed by atoms with Gasteiger partial charge in [0.1, 0.15) is 0 Å². The number of imidazole rings is 1. The second-order valence-electron chi connectivity index (χ2n) is 5.47. The molecule has 2 amide bonds. The molecule has 0 aliphatic carbocycles. The molecule has 1 aromatic heterocycles. The van der Waals surface area contributed by atoms with Gasteiger partial charge in [-0.25, -0.2) is 4.79 Å². The molecule has 8 heteroatoms. The predicted molar refractivity (Wildman–Crippen MR) is 92.7 cm³/mol. The Morgan fingerprint density at radius 3 is 2.54 bits per heavy atom. The van der Waals surface area contributed by atoms with E-state index in [1.165, 1.54) is 12.0 Å². The largest absolute Gasteiger partial charge is 0.383 e. The fourth-order valence-electron chi connectivity index (χ4n) is 2.64. The molecule has 126 valence electrons. The smallest absolute Gasteiger partial charge is 0.328 e. The van der Waals surface area contributed by atoms with E-state index in [1.807, 2.05) is 18.2 Å². The zero-order valence-corrected chi connectivity index (χ0v) is 14.4. The molecule has 0 bridgehead atoms. The summed E-state index contributed by atoms with van der Waals surface area (Å²) in [6.07, 6.45) is 1.68. The minimum atomic E-state index is -0.316. The molecule has 24 heavy (non-hydrogen) atoms. The fraction of sp³-hybridized carbons (Fsp3) is 0.312. The number of thioether (sulfide) groups is 1. The Bertz CT molecular complexity index is 925. The van der Waals surface area contributed by atoms with Crippen LogP contribution in [-0.2, 0) is 23.6 Å². The first-order chi connectivity index (χ1) is 11.4. The summed E-state index contributed by atoms with van der Waals surface area (Å²) in [5.74, 6) is -0.316. The van der Waals surface area contributed by atoms with Crippen molar-refractivity contribution < 1.29 is 14.3 Å². The number of fused-ring (bicyclic) bond motifs is 1. The van der Waals surface area contributed by atoms with Gasteiger partial charge in [-0.05, 0) is 35.5 Å². The van der Waals surface area contributed by atoms with Crippen LogP contribution in [-0.4, -0.2) is 45.4 Å². The van der Waals surface area contributed by atoms with Crippen LogP contribution in [0.2, 0.25) is 0 Å². The molecule has 0 radical (unpaired) electrons. The summed E-state index contributed by atoms with van der Waals surface area (Å²) in [7, 11) is 4.94. The Morgan fingerprint density at radius 2 is 1.83 bits per heavy atom. The Labute approximate surface area is 142 Å². The van der Waals surface area contributed by atoms with Gasteiger partial charge in [0.2, 0.25) is 0 Å². The third-order valence-electron chi connectivity index (χ3n) is 3.99. The lowest BCUT2D eigenvalue weighted by atomic mass is 10.2. The molecule has 2 heterocycles. The number of methoxy groups -OCH3 is 1. The van der Waals surface area contributed by atoms with Crippen molar-refractivity contribution in [3.8, 4) is 0 Å². The van der Waals surface area contributed by atoms with Crippen molar-refractivity contribution in [2.24, 2.45) is 14.1 Å². The monoisotopic (exact) mass is 347 g/mol. The van der Waals surface area contributed by atoms with Crippen LogP contribution in [0.15, 0.2) is 27.9 Å². The number of imide groups is 1. The van der Waals surface area contributed by atoms with Crippen molar-refractivity contribution in [3.05, 3.63) is 39.2 Å². The van der Waals surface area contributed by atoms with Crippen LogP contribution in [0.4, 0.5) is 4.79 Å². The van der Waals surface area contributed by atoms with Gasteiger partial charge >= 0.3 is 5.69 Å². The molecule has 0 spiro atoms. The van der Waals surface area contributed by atoms with E-state index in [4.69, 9.17) is 4.74 Å². The highest BCUT2D eigenvalue weighted by atomic mass is 32.2. The summed E-state index contributed by atoms with van der Waals surface area (Å²) in [5.41, 5.74) is 2.24. The molecule has 1 aliphatic rings. The third-order valence-corrected chi connectivity index (χ3v) is 4.89. The quantitative estimate of drug-likeness (QED) is 0.785. The van der Waals surface area contributed by atoms with Gasteiger partial charge < -0.3 is 4.74 Å². The van der Waals surface area contributed by atoms with Gasteiger partial charge in [0.05, 0.1) is 29.1 Å². The summed E-state index contributed by atoms with van der Waals surface area (Å²) < 4.78 is 8.04. The number of hydrogen-bond acceptors (Lipinski definition) is 5. The van der Waals surface area contributed by atoms with E-state index in [-0.39, 0.29) is 23.4 Å². The van der Waals surface area contributed by atoms with Crippen molar-refractivity contribution in [1.29, 1.82) is 0 Å². The summed E-state index contributed by atoms with van der Waals surface area (Å²) in [6.45, 7) is 0.550. The summed E-state index contributed by atoms with van der Waals surface area (Å²) in [5, 5.41) is -0.295. The van der Waals surface area contributed by atoms with E-state index in [0.717, 1.165) is 28.4 Å². The normalized spacial score (nSPS) is 16.8. The maximum absolute atomic E-state index is 12.3. The average Bonchev–Trinajstić information content (AvgIpc) is 2.95. The minimum absolute atomic E-state index is 0.109. The van der Waals surface area contributed by atoms with Crippen LogP contribution in [0.25, 0.3) is 17.1 Å². The molecule has 1 saturated heterocycles. The number of ether oxygens (including phenoxy) is 1. The number of carbonyl (C=O) groups excluding carboxylic acids is 2. The van der Waals surface area contributed by atoms with Gasteiger partial charge in [-0.15, -0.1) is 0 Å². The van der Waals surface area contributed by atoms with Gasteiger partial charge in [0.15, 0.2) is 0 Å². The van der Waals surface area contributed by atoms with Gasteiger partial charge in [-0.2, -0.15) is 0 Å². The first kappa shape index (κ1) is 16.5. The first-order valence-corrected chi connectivity index (χ1v) is 8.15. The highest BCUT2D eigenvalue weighted by Gasteiger charge is 2.34.